The van der Waals surface area contributed by atoms with E-state index < -0.39 is 12.0 Å². The highest BCUT2D eigenvalue weighted by atomic mass is 16.4. The Morgan fingerprint density at radius 1 is 1.53 bits per heavy atom. The second-order valence-corrected chi connectivity index (χ2v) is 4.96. The van der Waals surface area contributed by atoms with Crippen LogP contribution in [-0.4, -0.2) is 33.2 Å². The molecule has 0 spiro atoms. The molecule has 94 valence electrons. The predicted octanol–water partition coefficient (Wildman–Crippen LogP) is 1.03. The molecule has 1 aromatic heterocycles. The molecule has 17 heavy (non-hydrogen) atoms. The van der Waals surface area contributed by atoms with Crippen LogP contribution in [0, 0.1) is 5.41 Å². The lowest BCUT2D eigenvalue weighted by atomic mass is 9.84. The minimum Gasteiger partial charge on any atom is -0.481 e. The second kappa shape index (κ2) is 4.99. The van der Waals surface area contributed by atoms with E-state index in [9.17, 15) is 9.59 Å². The maximum atomic E-state index is 11.8. The maximum absolute atomic E-state index is 11.8. The summed E-state index contributed by atoms with van der Waals surface area (Å²) in [7, 11) is 0. The number of aliphatic carboxylic acids is 1. The van der Waals surface area contributed by atoms with Crippen LogP contribution in [-0.2, 0) is 4.79 Å². The summed E-state index contributed by atoms with van der Waals surface area (Å²) < 4.78 is 0. The molecule has 1 aromatic rings. The molecule has 0 aromatic carbocycles. The fraction of sp³-hybridized carbons (Fsp3) is 0.545. The largest absolute Gasteiger partial charge is 0.481 e. The molecular formula is C11H17N3O3. The van der Waals surface area contributed by atoms with Crippen LogP contribution >= 0.6 is 0 Å². The third-order valence-electron chi connectivity index (χ3n) is 2.47. The molecule has 0 aliphatic rings. The lowest BCUT2D eigenvalue weighted by Gasteiger charge is -2.30. The molecule has 0 fully saturated rings. The number of carbonyl (C=O) groups excluding carboxylic acids is 1. The van der Waals surface area contributed by atoms with Crippen molar-refractivity contribution in [3.63, 3.8) is 0 Å². The Balaban J connectivity index is 2.73. The molecule has 0 radical (unpaired) electrons. The Hall–Kier alpha value is -1.85. The summed E-state index contributed by atoms with van der Waals surface area (Å²) in [5.74, 6) is -1.28. The van der Waals surface area contributed by atoms with Gasteiger partial charge < -0.3 is 10.4 Å². The molecule has 0 saturated carbocycles. The Morgan fingerprint density at radius 3 is 2.59 bits per heavy atom. The van der Waals surface area contributed by atoms with Gasteiger partial charge in [0, 0.05) is 12.2 Å². The number of hydrogen-bond acceptors (Lipinski definition) is 3. The van der Waals surface area contributed by atoms with E-state index in [-0.39, 0.29) is 17.7 Å². The molecule has 1 unspecified atom stereocenters. The Morgan fingerprint density at radius 2 is 2.18 bits per heavy atom. The molecular weight excluding hydrogens is 222 g/mol. The Labute approximate surface area is 99.4 Å². The van der Waals surface area contributed by atoms with E-state index in [2.05, 4.69) is 15.5 Å². The number of carbonyl (C=O) groups is 2. The van der Waals surface area contributed by atoms with Gasteiger partial charge in [-0.1, -0.05) is 20.8 Å². The molecule has 1 heterocycles. The normalized spacial score (nSPS) is 13.1. The van der Waals surface area contributed by atoms with Gasteiger partial charge in [0.25, 0.3) is 5.91 Å². The van der Waals surface area contributed by atoms with Crippen molar-refractivity contribution in [3.05, 3.63) is 18.0 Å². The topological polar surface area (TPSA) is 95.1 Å². The van der Waals surface area contributed by atoms with Crippen molar-refractivity contribution in [2.45, 2.75) is 33.2 Å². The van der Waals surface area contributed by atoms with Gasteiger partial charge >= 0.3 is 5.97 Å². The van der Waals surface area contributed by atoms with Crippen molar-refractivity contribution in [2.24, 2.45) is 5.41 Å². The molecule has 1 atom stereocenters. The Bertz CT molecular complexity index is 393. The molecule has 0 aliphatic carbocycles. The van der Waals surface area contributed by atoms with Gasteiger partial charge in [-0.2, -0.15) is 5.10 Å². The van der Waals surface area contributed by atoms with Gasteiger partial charge in [0.1, 0.15) is 5.69 Å². The number of aromatic nitrogens is 2. The van der Waals surface area contributed by atoms with Crippen molar-refractivity contribution in [1.82, 2.24) is 15.5 Å². The number of carboxylic acid groups (broad SMARTS) is 1. The van der Waals surface area contributed by atoms with Crippen LogP contribution in [0.25, 0.3) is 0 Å². The predicted molar refractivity (Wildman–Crippen MR) is 61.5 cm³/mol. The number of rotatable bonds is 4. The summed E-state index contributed by atoms with van der Waals surface area (Å²) in [5.41, 5.74) is -0.00159. The lowest BCUT2D eigenvalue weighted by molar-refractivity contribution is -0.138. The van der Waals surface area contributed by atoms with E-state index in [1.54, 1.807) is 0 Å². The van der Waals surface area contributed by atoms with Gasteiger partial charge in [-0.25, -0.2) is 0 Å². The van der Waals surface area contributed by atoms with Gasteiger partial charge in [0.05, 0.1) is 6.42 Å². The monoisotopic (exact) mass is 239 g/mol. The highest BCUT2D eigenvalue weighted by Gasteiger charge is 2.28. The van der Waals surface area contributed by atoms with E-state index in [0.29, 0.717) is 5.69 Å². The van der Waals surface area contributed by atoms with Crippen molar-refractivity contribution < 1.29 is 14.7 Å². The number of aromatic amines is 1. The number of nitrogens with zero attached hydrogens (tertiary/aromatic N) is 1. The zero-order valence-electron chi connectivity index (χ0n) is 10.2. The third kappa shape index (κ3) is 3.90. The smallest absolute Gasteiger partial charge is 0.305 e. The van der Waals surface area contributed by atoms with E-state index in [1.807, 2.05) is 20.8 Å². The van der Waals surface area contributed by atoms with Crippen molar-refractivity contribution in [2.75, 3.05) is 0 Å². The molecule has 0 bridgehead atoms. The maximum Gasteiger partial charge on any atom is 0.305 e. The van der Waals surface area contributed by atoms with Crippen molar-refractivity contribution in [3.8, 4) is 0 Å². The van der Waals surface area contributed by atoms with Crippen LogP contribution in [0.15, 0.2) is 12.3 Å². The van der Waals surface area contributed by atoms with Crippen LogP contribution in [0.5, 0.6) is 0 Å². The second-order valence-electron chi connectivity index (χ2n) is 4.96. The first-order chi connectivity index (χ1) is 7.80. The van der Waals surface area contributed by atoms with E-state index in [4.69, 9.17) is 5.11 Å². The number of hydrogen-bond donors (Lipinski definition) is 3. The van der Waals surface area contributed by atoms with E-state index >= 15 is 0 Å². The fourth-order valence-corrected chi connectivity index (χ4v) is 1.37. The first-order valence-electron chi connectivity index (χ1n) is 5.32. The van der Waals surface area contributed by atoms with Crippen LogP contribution < -0.4 is 5.32 Å². The van der Waals surface area contributed by atoms with Crippen LogP contribution in [0.2, 0.25) is 0 Å². The quantitative estimate of drug-likeness (QED) is 0.731. The number of amides is 1. The third-order valence-corrected chi connectivity index (χ3v) is 2.47. The summed E-state index contributed by atoms with van der Waals surface area (Å²) in [5, 5.41) is 17.7. The minimum atomic E-state index is -0.935. The summed E-state index contributed by atoms with van der Waals surface area (Å²) in [4.78, 5) is 22.5. The average Bonchev–Trinajstić information content (AvgIpc) is 2.66. The summed E-state index contributed by atoms with van der Waals surface area (Å²) in [6.45, 7) is 5.65. The molecule has 6 heteroatoms. The highest BCUT2D eigenvalue weighted by molar-refractivity contribution is 5.92. The SMILES string of the molecule is CC(C)(C)C(CC(=O)O)NC(=O)c1ccn[nH]1. The summed E-state index contributed by atoms with van der Waals surface area (Å²) in [6, 6.07) is 1.10. The van der Waals surface area contributed by atoms with Gasteiger partial charge in [-0.3, -0.25) is 14.7 Å². The standard InChI is InChI=1S/C11H17N3O3/c1-11(2,3)8(6-9(15)16)13-10(17)7-4-5-12-14-7/h4-5,8H,6H2,1-3H3,(H,12,14)(H,13,17)(H,15,16). The van der Waals surface area contributed by atoms with E-state index in [1.165, 1.54) is 12.3 Å². The molecule has 0 aliphatic heterocycles. The molecule has 3 N–H and O–H groups in total. The minimum absolute atomic E-state index is 0.108. The van der Waals surface area contributed by atoms with Gasteiger partial charge in [-0.15, -0.1) is 0 Å². The zero-order chi connectivity index (χ0) is 13.1. The van der Waals surface area contributed by atoms with Crippen LogP contribution in [0.4, 0.5) is 0 Å². The molecule has 1 amide bonds. The number of carboxylic acids is 1. The molecule has 1 rings (SSSR count). The van der Waals surface area contributed by atoms with Crippen molar-refractivity contribution >= 4 is 11.9 Å². The van der Waals surface area contributed by atoms with Gasteiger partial charge in [0.2, 0.25) is 0 Å². The fourth-order valence-electron chi connectivity index (χ4n) is 1.37. The van der Waals surface area contributed by atoms with E-state index in [0.717, 1.165) is 0 Å². The zero-order valence-corrected chi connectivity index (χ0v) is 10.2. The van der Waals surface area contributed by atoms with Crippen LogP contribution in [0.3, 0.4) is 0 Å². The molecule has 0 saturated heterocycles. The molecule has 6 nitrogen and oxygen atoms in total. The summed E-state index contributed by atoms with van der Waals surface area (Å²) in [6.07, 6.45) is 1.36. The van der Waals surface area contributed by atoms with Gasteiger partial charge in [0.15, 0.2) is 0 Å². The lowest BCUT2D eigenvalue weighted by Crippen LogP contribution is -2.45. The van der Waals surface area contributed by atoms with Gasteiger partial charge in [-0.05, 0) is 11.5 Å². The Kier molecular flexibility index (Phi) is 3.88. The van der Waals surface area contributed by atoms with Crippen LogP contribution in [0.1, 0.15) is 37.7 Å². The highest BCUT2D eigenvalue weighted by Crippen LogP contribution is 2.22. The number of nitrogens with one attached hydrogen (secondary N) is 2. The number of H-pyrrole nitrogens is 1. The van der Waals surface area contributed by atoms with Crippen molar-refractivity contribution in [1.29, 1.82) is 0 Å². The average molecular weight is 239 g/mol. The first kappa shape index (κ1) is 13.2. The summed E-state index contributed by atoms with van der Waals surface area (Å²) >= 11 is 0. The first-order valence-corrected chi connectivity index (χ1v) is 5.32.